The Kier molecular flexibility index (Phi) is 2.98. The highest BCUT2D eigenvalue weighted by Gasteiger charge is 2.35. The molecule has 2 N–H and O–H groups in total. The molecule has 1 amide bonds. The van der Waals surface area contributed by atoms with E-state index in [1.165, 1.54) is 0 Å². The van der Waals surface area contributed by atoms with E-state index < -0.39 is 5.97 Å². The number of benzene rings is 1. The summed E-state index contributed by atoms with van der Waals surface area (Å²) in [5, 5.41) is 14.7. The van der Waals surface area contributed by atoms with Crippen molar-refractivity contribution in [2.75, 3.05) is 0 Å². The number of carboxylic acid groups (broad SMARTS) is 1. The zero-order valence-electron chi connectivity index (χ0n) is 10.1. The number of nitrogens with one attached hydrogen (secondary N) is 1. The lowest BCUT2D eigenvalue weighted by atomic mass is 9.80. The molecular formula is C14H13NO3S. The third-order valence-corrected chi connectivity index (χ3v) is 4.44. The molecule has 4 nitrogen and oxygen atoms in total. The lowest BCUT2D eigenvalue weighted by Crippen LogP contribution is -2.46. The van der Waals surface area contributed by atoms with Gasteiger partial charge in [-0.1, -0.05) is 0 Å². The number of carboxylic acids is 1. The maximum atomic E-state index is 12.0. The Bertz CT molecular complexity index is 643. The number of aliphatic carboxylic acids is 1. The molecule has 2 aromatic rings. The van der Waals surface area contributed by atoms with Crippen molar-refractivity contribution in [1.29, 1.82) is 0 Å². The van der Waals surface area contributed by atoms with Crippen LogP contribution in [0.2, 0.25) is 0 Å². The summed E-state index contributed by atoms with van der Waals surface area (Å²) < 4.78 is 1.16. The molecule has 0 saturated heterocycles. The summed E-state index contributed by atoms with van der Waals surface area (Å²) in [4.78, 5) is 22.7. The smallest absolute Gasteiger partial charge is 0.306 e. The molecule has 1 aliphatic carbocycles. The molecule has 1 aromatic heterocycles. The molecule has 0 bridgehead atoms. The van der Waals surface area contributed by atoms with E-state index in [1.807, 2.05) is 29.6 Å². The number of rotatable bonds is 3. The standard InChI is InChI=1S/C14H13NO3S/c16-13(15-11-6-10(7-11)14(17)18)9-1-2-12-8(5-9)3-4-19-12/h1-5,10-11H,6-7H2,(H,15,16)(H,17,18). The average Bonchev–Trinajstić information content (AvgIpc) is 2.79. The monoisotopic (exact) mass is 275 g/mol. The van der Waals surface area contributed by atoms with Crippen molar-refractivity contribution < 1.29 is 14.7 Å². The molecule has 0 atom stereocenters. The molecular weight excluding hydrogens is 262 g/mol. The lowest BCUT2D eigenvalue weighted by molar-refractivity contribution is -0.145. The van der Waals surface area contributed by atoms with Crippen molar-refractivity contribution in [2.45, 2.75) is 18.9 Å². The van der Waals surface area contributed by atoms with E-state index in [9.17, 15) is 9.59 Å². The molecule has 1 heterocycles. The minimum atomic E-state index is -0.773. The van der Waals surface area contributed by atoms with Gasteiger partial charge in [0.2, 0.25) is 0 Å². The molecule has 98 valence electrons. The first-order valence-corrected chi connectivity index (χ1v) is 7.02. The zero-order chi connectivity index (χ0) is 13.4. The number of hydrogen-bond donors (Lipinski definition) is 2. The molecule has 19 heavy (non-hydrogen) atoms. The Hall–Kier alpha value is -1.88. The summed E-state index contributed by atoms with van der Waals surface area (Å²) >= 11 is 1.64. The highest BCUT2D eigenvalue weighted by Crippen LogP contribution is 2.28. The van der Waals surface area contributed by atoms with Crippen molar-refractivity contribution in [1.82, 2.24) is 5.32 Å². The zero-order valence-corrected chi connectivity index (χ0v) is 10.9. The lowest BCUT2D eigenvalue weighted by Gasteiger charge is -2.32. The first kappa shape index (κ1) is 12.2. The molecule has 0 spiro atoms. The van der Waals surface area contributed by atoms with Gasteiger partial charge in [-0.3, -0.25) is 9.59 Å². The van der Waals surface area contributed by atoms with Gasteiger partial charge < -0.3 is 10.4 Å². The summed E-state index contributed by atoms with van der Waals surface area (Å²) in [7, 11) is 0. The predicted molar refractivity (Wildman–Crippen MR) is 73.4 cm³/mol. The number of carbonyl (C=O) groups is 2. The van der Waals surface area contributed by atoms with Crippen LogP contribution in [0.1, 0.15) is 23.2 Å². The number of fused-ring (bicyclic) bond motifs is 1. The van der Waals surface area contributed by atoms with Gasteiger partial charge in [0, 0.05) is 16.3 Å². The van der Waals surface area contributed by atoms with Crippen LogP contribution in [0.5, 0.6) is 0 Å². The minimum Gasteiger partial charge on any atom is -0.481 e. The summed E-state index contributed by atoms with van der Waals surface area (Å²) in [5.41, 5.74) is 0.629. The normalized spacial score (nSPS) is 21.9. The van der Waals surface area contributed by atoms with E-state index in [0.717, 1.165) is 10.1 Å². The van der Waals surface area contributed by atoms with E-state index in [1.54, 1.807) is 11.3 Å². The Balaban J connectivity index is 1.66. The molecule has 1 fully saturated rings. The minimum absolute atomic E-state index is 0.00762. The van der Waals surface area contributed by atoms with Gasteiger partial charge in [0.15, 0.2) is 0 Å². The van der Waals surface area contributed by atoms with Crippen LogP contribution in [0, 0.1) is 5.92 Å². The van der Waals surface area contributed by atoms with Gasteiger partial charge in [-0.2, -0.15) is 0 Å². The summed E-state index contributed by atoms with van der Waals surface area (Å²) in [6.45, 7) is 0. The van der Waals surface area contributed by atoms with Crippen LogP contribution in [0.4, 0.5) is 0 Å². The van der Waals surface area contributed by atoms with Gasteiger partial charge in [0.05, 0.1) is 5.92 Å². The molecule has 1 aliphatic rings. The van der Waals surface area contributed by atoms with Crippen molar-refractivity contribution >= 4 is 33.3 Å². The van der Waals surface area contributed by atoms with Crippen LogP contribution in [0.3, 0.4) is 0 Å². The Morgan fingerprint density at radius 1 is 1.26 bits per heavy atom. The molecule has 1 saturated carbocycles. The maximum absolute atomic E-state index is 12.0. The van der Waals surface area contributed by atoms with E-state index in [0.29, 0.717) is 18.4 Å². The third-order valence-electron chi connectivity index (χ3n) is 3.54. The second-order valence-corrected chi connectivity index (χ2v) is 5.80. The number of carbonyl (C=O) groups excluding carboxylic acids is 1. The Labute approximate surface area is 114 Å². The van der Waals surface area contributed by atoms with Gasteiger partial charge in [0.1, 0.15) is 0 Å². The number of hydrogen-bond acceptors (Lipinski definition) is 3. The second kappa shape index (κ2) is 4.66. The quantitative estimate of drug-likeness (QED) is 0.904. The van der Waals surface area contributed by atoms with Crippen LogP contribution >= 0.6 is 11.3 Å². The summed E-state index contributed by atoms with van der Waals surface area (Å²) in [5.74, 6) is -1.20. The highest BCUT2D eigenvalue weighted by molar-refractivity contribution is 7.17. The van der Waals surface area contributed by atoms with E-state index in [-0.39, 0.29) is 17.9 Å². The summed E-state index contributed by atoms with van der Waals surface area (Å²) in [6, 6.07) is 7.60. The SMILES string of the molecule is O=C(NC1CC(C(=O)O)C1)c1ccc2sccc2c1. The van der Waals surface area contributed by atoms with Crippen LogP contribution in [-0.4, -0.2) is 23.0 Å². The molecule has 5 heteroatoms. The van der Waals surface area contributed by atoms with Gasteiger partial charge in [-0.15, -0.1) is 11.3 Å². The predicted octanol–water partition coefficient (Wildman–Crippen LogP) is 2.49. The van der Waals surface area contributed by atoms with E-state index in [4.69, 9.17) is 5.11 Å². The van der Waals surface area contributed by atoms with Gasteiger partial charge in [-0.25, -0.2) is 0 Å². The van der Waals surface area contributed by atoms with Gasteiger partial charge in [0.25, 0.3) is 5.91 Å². The van der Waals surface area contributed by atoms with Gasteiger partial charge >= 0.3 is 5.97 Å². The number of thiophene rings is 1. The molecule has 0 radical (unpaired) electrons. The Morgan fingerprint density at radius 2 is 2.05 bits per heavy atom. The fourth-order valence-electron chi connectivity index (χ4n) is 2.31. The third kappa shape index (κ3) is 2.33. The molecule has 1 aromatic carbocycles. The largest absolute Gasteiger partial charge is 0.481 e. The fourth-order valence-corrected chi connectivity index (χ4v) is 3.08. The van der Waals surface area contributed by atoms with Gasteiger partial charge in [-0.05, 0) is 47.9 Å². The van der Waals surface area contributed by atoms with Crippen LogP contribution in [0.15, 0.2) is 29.6 Å². The van der Waals surface area contributed by atoms with E-state index >= 15 is 0 Å². The summed E-state index contributed by atoms with van der Waals surface area (Å²) in [6.07, 6.45) is 1.06. The fraction of sp³-hybridized carbons (Fsp3) is 0.286. The second-order valence-electron chi connectivity index (χ2n) is 4.85. The van der Waals surface area contributed by atoms with E-state index in [2.05, 4.69) is 5.32 Å². The first-order chi connectivity index (χ1) is 9.13. The Morgan fingerprint density at radius 3 is 2.79 bits per heavy atom. The van der Waals surface area contributed by atoms with Crippen molar-refractivity contribution in [3.8, 4) is 0 Å². The first-order valence-electron chi connectivity index (χ1n) is 6.14. The van der Waals surface area contributed by atoms with Crippen molar-refractivity contribution in [2.24, 2.45) is 5.92 Å². The van der Waals surface area contributed by atoms with Crippen molar-refractivity contribution in [3.05, 3.63) is 35.2 Å². The molecule has 0 aliphatic heterocycles. The topological polar surface area (TPSA) is 66.4 Å². The van der Waals surface area contributed by atoms with Crippen LogP contribution in [0.25, 0.3) is 10.1 Å². The van der Waals surface area contributed by atoms with Crippen LogP contribution in [-0.2, 0) is 4.79 Å². The van der Waals surface area contributed by atoms with Crippen LogP contribution < -0.4 is 5.32 Å². The molecule has 3 rings (SSSR count). The molecule has 0 unspecified atom stereocenters. The average molecular weight is 275 g/mol. The number of amides is 1. The van der Waals surface area contributed by atoms with Crippen molar-refractivity contribution in [3.63, 3.8) is 0 Å². The maximum Gasteiger partial charge on any atom is 0.306 e. The highest BCUT2D eigenvalue weighted by atomic mass is 32.1.